The lowest BCUT2D eigenvalue weighted by atomic mass is 10.1. The monoisotopic (exact) mass is 424 g/mol. The fourth-order valence-electron chi connectivity index (χ4n) is 3.16. The number of benzene rings is 2. The van der Waals surface area contributed by atoms with Gasteiger partial charge in [-0.1, -0.05) is 0 Å². The molecule has 0 saturated carbocycles. The van der Waals surface area contributed by atoms with E-state index in [1.807, 2.05) is 0 Å². The summed E-state index contributed by atoms with van der Waals surface area (Å²) >= 11 is 0. The van der Waals surface area contributed by atoms with E-state index in [4.69, 9.17) is 4.74 Å². The van der Waals surface area contributed by atoms with Gasteiger partial charge >= 0.3 is 0 Å². The minimum Gasteiger partial charge on any atom is -0.494 e. The van der Waals surface area contributed by atoms with E-state index in [-0.39, 0.29) is 35.8 Å². The summed E-state index contributed by atoms with van der Waals surface area (Å²) in [7, 11) is 1.34. The summed E-state index contributed by atoms with van der Waals surface area (Å²) in [6, 6.07) is 11.4. The number of amides is 1. The predicted molar refractivity (Wildman–Crippen MR) is 110 cm³/mol. The van der Waals surface area contributed by atoms with E-state index in [1.165, 1.54) is 40.5 Å². The number of hydrogen-bond donors (Lipinski definition) is 1. The minimum atomic E-state index is -0.630. The summed E-state index contributed by atoms with van der Waals surface area (Å²) in [5.74, 6) is -1.39. The van der Waals surface area contributed by atoms with Crippen molar-refractivity contribution < 1.29 is 18.3 Å². The maximum atomic E-state index is 13.8. The normalized spacial score (nSPS) is 10.9. The molecule has 1 N–H and O–H groups in total. The Morgan fingerprint density at radius 2 is 1.87 bits per heavy atom. The second kappa shape index (κ2) is 8.39. The largest absolute Gasteiger partial charge is 0.494 e. The van der Waals surface area contributed by atoms with Crippen LogP contribution in [-0.2, 0) is 6.54 Å². The van der Waals surface area contributed by atoms with Gasteiger partial charge in [-0.2, -0.15) is 5.10 Å². The zero-order valence-electron chi connectivity index (χ0n) is 16.5. The number of halogens is 2. The van der Waals surface area contributed by atoms with Gasteiger partial charge in [-0.3, -0.25) is 9.59 Å². The first-order valence-corrected chi connectivity index (χ1v) is 9.43. The molecule has 0 aliphatic carbocycles. The van der Waals surface area contributed by atoms with Crippen molar-refractivity contribution in [1.82, 2.24) is 19.5 Å². The summed E-state index contributed by atoms with van der Waals surface area (Å²) in [5, 5.41) is 7.01. The molecular weight excluding hydrogens is 406 g/mol. The van der Waals surface area contributed by atoms with Crippen LogP contribution in [0.5, 0.6) is 5.75 Å². The number of aromatic nitrogens is 3. The van der Waals surface area contributed by atoms with Crippen molar-refractivity contribution >= 4 is 11.4 Å². The molecule has 0 atom stereocenters. The molecule has 9 heteroatoms. The summed E-state index contributed by atoms with van der Waals surface area (Å²) in [6.45, 7) is 0.387. The molecule has 2 aromatic heterocycles. The van der Waals surface area contributed by atoms with Crippen LogP contribution >= 0.6 is 0 Å². The topological polar surface area (TPSA) is 77.6 Å². The van der Waals surface area contributed by atoms with Crippen molar-refractivity contribution in [2.75, 3.05) is 13.7 Å². The van der Waals surface area contributed by atoms with Crippen molar-refractivity contribution in [1.29, 1.82) is 0 Å². The molecule has 0 fully saturated rings. The predicted octanol–water partition coefficient (Wildman–Crippen LogP) is 2.88. The molecule has 0 aliphatic heterocycles. The summed E-state index contributed by atoms with van der Waals surface area (Å²) in [5.41, 5.74) is 1.46. The van der Waals surface area contributed by atoms with Gasteiger partial charge in [0.15, 0.2) is 11.6 Å². The highest BCUT2D eigenvalue weighted by Gasteiger charge is 2.12. The van der Waals surface area contributed by atoms with Gasteiger partial charge in [0.2, 0.25) is 0 Å². The van der Waals surface area contributed by atoms with Crippen LogP contribution in [0.1, 0.15) is 10.4 Å². The Hall–Kier alpha value is -4.01. The van der Waals surface area contributed by atoms with Crippen LogP contribution in [0, 0.1) is 11.6 Å². The molecule has 0 unspecified atom stereocenters. The van der Waals surface area contributed by atoms with Gasteiger partial charge in [0, 0.05) is 36.6 Å². The van der Waals surface area contributed by atoms with Crippen molar-refractivity contribution in [3.05, 3.63) is 88.5 Å². The molecule has 7 nitrogen and oxygen atoms in total. The van der Waals surface area contributed by atoms with Crippen LogP contribution in [0.4, 0.5) is 8.78 Å². The number of carbonyl (C=O) groups is 1. The highest BCUT2D eigenvalue weighted by Crippen LogP contribution is 2.19. The van der Waals surface area contributed by atoms with E-state index in [1.54, 1.807) is 30.6 Å². The third kappa shape index (κ3) is 4.16. The van der Waals surface area contributed by atoms with Gasteiger partial charge in [-0.25, -0.2) is 13.3 Å². The van der Waals surface area contributed by atoms with Crippen molar-refractivity contribution in [2.45, 2.75) is 6.54 Å². The van der Waals surface area contributed by atoms with E-state index >= 15 is 0 Å². The SMILES string of the molecule is COc1ccc(C(=O)NCCn2ccn3nc(-c4ccc(F)cc4)cc3c2=O)cc1F. The van der Waals surface area contributed by atoms with E-state index < -0.39 is 11.7 Å². The molecule has 4 rings (SSSR count). The van der Waals surface area contributed by atoms with Gasteiger partial charge in [0.25, 0.3) is 11.5 Å². The summed E-state index contributed by atoms with van der Waals surface area (Å²) < 4.78 is 34.6. The van der Waals surface area contributed by atoms with Gasteiger partial charge in [-0.15, -0.1) is 0 Å². The number of nitrogens with one attached hydrogen (secondary N) is 1. The smallest absolute Gasteiger partial charge is 0.276 e. The van der Waals surface area contributed by atoms with Crippen LogP contribution in [0.15, 0.2) is 65.7 Å². The number of carbonyl (C=O) groups excluding carboxylic acids is 1. The number of rotatable bonds is 6. The number of hydrogen-bond acceptors (Lipinski definition) is 4. The van der Waals surface area contributed by atoms with E-state index in [2.05, 4.69) is 10.4 Å². The molecule has 1 amide bonds. The third-order valence-corrected chi connectivity index (χ3v) is 4.80. The van der Waals surface area contributed by atoms with E-state index in [9.17, 15) is 18.4 Å². The standard InChI is InChI=1S/C22H18F2N4O3/c1-31-20-7-4-15(12-17(20)24)21(29)25-8-9-27-10-11-28-19(22(27)30)13-18(26-28)14-2-5-16(23)6-3-14/h2-7,10-13H,8-9H2,1H3,(H,25,29). The fourth-order valence-corrected chi connectivity index (χ4v) is 3.16. The maximum absolute atomic E-state index is 13.8. The Morgan fingerprint density at radius 3 is 2.58 bits per heavy atom. The number of fused-ring (bicyclic) bond motifs is 1. The van der Waals surface area contributed by atoms with Crippen LogP contribution in [0.25, 0.3) is 16.8 Å². The molecule has 0 radical (unpaired) electrons. The van der Waals surface area contributed by atoms with Crippen molar-refractivity contribution in [3.8, 4) is 17.0 Å². The van der Waals surface area contributed by atoms with Gasteiger partial charge in [-0.05, 0) is 48.5 Å². The van der Waals surface area contributed by atoms with Crippen molar-refractivity contribution in [2.24, 2.45) is 0 Å². The molecule has 158 valence electrons. The van der Waals surface area contributed by atoms with Crippen molar-refractivity contribution in [3.63, 3.8) is 0 Å². The first-order valence-electron chi connectivity index (χ1n) is 9.43. The quantitative estimate of drug-likeness (QED) is 0.516. The lowest BCUT2D eigenvalue weighted by molar-refractivity contribution is 0.0951. The molecule has 31 heavy (non-hydrogen) atoms. The number of nitrogens with zero attached hydrogens (tertiary/aromatic N) is 3. The Balaban J connectivity index is 1.47. The summed E-state index contributed by atoms with van der Waals surface area (Å²) in [6.07, 6.45) is 3.19. The van der Waals surface area contributed by atoms with Crippen LogP contribution in [0.3, 0.4) is 0 Å². The minimum absolute atomic E-state index is 0.0530. The average Bonchev–Trinajstić information content (AvgIpc) is 3.21. The maximum Gasteiger partial charge on any atom is 0.276 e. The second-order valence-electron chi connectivity index (χ2n) is 6.77. The molecule has 0 aliphatic rings. The number of methoxy groups -OCH3 is 1. The zero-order valence-corrected chi connectivity index (χ0v) is 16.5. The molecule has 0 bridgehead atoms. The lowest BCUT2D eigenvalue weighted by Gasteiger charge is -2.09. The Morgan fingerprint density at radius 1 is 1.10 bits per heavy atom. The zero-order chi connectivity index (χ0) is 22.0. The molecule has 0 spiro atoms. The second-order valence-corrected chi connectivity index (χ2v) is 6.77. The van der Waals surface area contributed by atoms with Crippen LogP contribution < -0.4 is 15.6 Å². The number of ether oxygens (including phenoxy) is 1. The van der Waals surface area contributed by atoms with Crippen LogP contribution in [0.2, 0.25) is 0 Å². The first-order chi connectivity index (χ1) is 15.0. The van der Waals surface area contributed by atoms with Crippen LogP contribution in [-0.4, -0.2) is 33.7 Å². The molecular formula is C22H18F2N4O3. The highest BCUT2D eigenvalue weighted by atomic mass is 19.1. The molecule has 2 aromatic carbocycles. The average molecular weight is 424 g/mol. The lowest BCUT2D eigenvalue weighted by Crippen LogP contribution is -2.31. The van der Waals surface area contributed by atoms with Gasteiger partial charge < -0.3 is 14.6 Å². The molecule has 2 heterocycles. The first kappa shape index (κ1) is 20.3. The Kier molecular flexibility index (Phi) is 5.48. The van der Waals surface area contributed by atoms with Gasteiger partial charge in [0.1, 0.15) is 11.3 Å². The van der Waals surface area contributed by atoms with E-state index in [0.29, 0.717) is 16.8 Å². The third-order valence-electron chi connectivity index (χ3n) is 4.80. The molecule has 4 aromatic rings. The highest BCUT2D eigenvalue weighted by molar-refractivity contribution is 5.94. The fraction of sp³-hybridized carbons (Fsp3) is 0.136. The van der Waals surface area contributed by atoms with Gasteiger partial charge in [0.05, 0.1) is 12.8 Å². The molecule has 0 saturated heterocycles. The Bertz CT molecular complexity index is 1310. The Labute approximate surface area is 175 Å². The summed E-state index contributed by atoms with van der Waals surface area (Å²) in [4.78, 5) is 25.0. The van der Waals surface area contributed by atoms with E-state index in [0.717, 1.165) is 6.07 Å².